The molecule has 0 spiro atoms. The molecule has 0 aliphatic carbocycles. The predicted octanol–water partition coefficient (Wildman–Crippen LogP) is -0.253. The quantitative estimate of drug-likeness (QED) is 0.278. The van der Waals surface area contributed by atoms with E-state index in [-0.39, 0.29) is 23.1 Å². The van der Waals surface area contributed by atoms with Gasteiger partial charge in [0.15, 0.2) is 5.78 Å². The summed E-state index contributed by atoms with van der Waals surface area (Å²) in [5, 5.41) is 7.66. The van der Waals surface area contributed by atoms with Gasteiger partial charge in [-0.15, -0.1) is 0 Å². The van der Waals surface area contributed by atoms with Gasteiger partial charge in [0.2, 0.25) is 0 Å². The maximum absolute atomic E-state index is 12.9. The second-order valence-corrected chi connectivity index (χ2v) is 5.61. The molecule has 2 aromatic heterocycles. The summed E-state index contributed by atoms with van der Waals surface area (Å²) in [5.74, 6) is -0.0815. The van der Waals surface area contributed by atoms with Crippen molar-refractivity contribution in [3.8, 4) is 0 Å². The summed E-state index contributed by atoms with van der Waals surface area (Å²) < 4.78 is 0. The molecule has 9 heteroatoms. The van der Waals surface area contributed by atoms with Crippen molar-refractivity contribution in [2.75, 3.05) is 5.32 Å². The molecule has 2 amide bonds. The van der Waals surface area contributed by atoms with Crippen LogP contribution in [0.15, 0.2) is 29.5 Å². The second kappa shape index (κ2) is 7.39. The Bertz CT molecular complexity index is 852. The number of H-pyrrole nitrogens is 1. The number of nitrogens with zero attached hydrogens (tertiary/aromatic N) is 2. The molecule has 130 valence electrons. The van der Waals surface area contributed by atoms with Gasteiger partial charge in [-0.3, -0.25) is 15.2 Å². The summed E-state index contributed by atoms with van der Waals surface area (Å²) in [5.41, 5.74) is 13.1. The lowest BCUT2D eigenvalue weighted by molar-refractivity contribution is -0.106. The van der Waals surface area contributed by atoms with E-state index in [9.17, 15) is 9.59 Å². The molecule has 2 heterocycles. The van der Waals surface area contributed by atoms with E-state index in [2.05, 4.69) is 20.3 Å². The van der Waals surface area contributed by atoms with Crippen LogP contribution < -0.4 is 22.2 Å². The van der Waals surface area contributed by atoms with Gasteiger partial charge < -0.3 is 21.8 Å². The number of carbonyl (C=O) groups is 2. The number of anilines is 1. The number of amidine groups is 1. The van der Waals surface area contributed by atoms with Gasteiger partial charge in [0.05, 0.1) is 17.4 Å². The van der Waals surface area contributed by atoms with E-state index in [1.807, 2.05) is 13.8 Å². The van der Waals surface area contributed by atoms with Gasteiger partial charge in [0.1, 0.15) is 5.69 Å². The molecule has 0 unspecified atom stereocenters. The normalized spacial score (nSPS) is 11.4. The van der Waals surface area contributed by atoms with Gasteiger partial charge in [0.25, 0.3) is 12.2 Å². The molecule has 25 heavy (non-hydrogen) atoms. The maximum atomic E-state index is 12.9. The van der Waals surface area contributed by atoms with Crippen LogP contribution in [-0.4, -0.2) is 34.0 Å². The number of nitrogens with one attached hydrogen (secondary N) is 2. The Hall–Kier alpha value is -3.49. The van der Waals surface area contributed by atoms with Crippen LogP contribution in [0, 0.1) is 0 Å². The van der Waals surface area contributed by atoms with E-state index in [0.29, 0.717) is 16.9 Å². The van der Waals surface area contributed by atoms with Gasteiger partial charge >= 0.3 is 6.03 Å². The molecule has 0 aliphatic heterocycles. The zero-order valence-corrected chi connectivity index (χ0v) is 13.9. The third kappa shape index (κ3) is 4.08. The van der Waals surface area contributed by atoms with Crippen molar-refractivity contribution in [2.45, 2.75) is 19.8 Å². The van der Waals surface area contributed by atoms with E-state index in [1.165, 1.54) is 18.5 Å². The number of hydrogen-bond donors (Lipinski definition) is 5. The number of carbonyl (C=O) groups excluding carboxylic acids is 2. The minimum absolute atomic E-state index is 0.0946. The van der Waals surface area contributed by atoms with Crippen LogP contribution in [0.1, 0.15) is 47.1 Å². The highest BCUT2D eigenvalue weighted by atomic mass is 16.2. The van der Waals surface area contributed by atoms with Gasteiger partial charge in [-0.05, 0) is 23.0 Å². The number of urea groups is 1. The highest BCUT2D eigenvalue weighted by Gasteiger charge is 2.23. The average Bonchev–Trinajstić information content (AvgIpc) is 2.99. The molecule has 8 N–H and O–H groups in total. The number of aromatic amines is 1. The minimum atomic E-state index is -0.745. The fraction of sp³-hybridized carbons (Fsp3) is 0.188. The van der Waals surface area contributed by atoms with Gasteiger partial charge in [0, 0.05) is 17.5 Å². The van der Waals surface area contributed by atoms with Crippen LogP contribution in [0.25, 0.3) is 0 Å². The Kier molecular flexibility index (Phi) is 5.28. The number of rotatable bonds is 6. The third-order valence-corrected chi connectivity index (χ3v) is 3.44. The standard InChI is InChI=1S/C16H19N7O2/c1-8(2)12-4-11(13(23-12)15(18)21-7-17)14(24)9-3-10(6-20-5-9)22-16(19)25/h3-8,23H,1-2H3,(H3,17,18,21)(H3,19,22,25)/p+1. The van der Waals surface area contributed by atoms with Crippen LogP contribution in [-0.2, 0) is 0 Å². The molecular formula is C16H20N7O2+. The molecule has 0 bridgehead atoms. The van der Waals surface area contributed by atoms with E-state index < -0.39 is 6.03 Å². The van der Waals surface area contributed by atoms with E-state index in [1.54, 1.807) is 6.07 Å². The summed E-state index contributed by atoms with van der Waals surface area (Å²) >= 11 is 0. The van der Waals surface area contributed by atoms with Crippen molar-refractivity contribution in [3.05, 3.63) is 47.0 Å². The zero-order valence-electron chi connectivity index (χ0n) is 13.9. The lowest BCUT2D eigenvalue weighted by Gasteiger charge is -2.04. The zero-order chi connectivity index (χ0) is 18.6. The number of pyridine rings is 1. The molecular weight excluding hydrogens is 322 g/mol. The van der Waals surface area contributed by atoms with Crippen molar-refractivity contribution >= 4 is 29.7 Å². The number of nitrogens with two attached hydrogens (primary N) is 3. The number of ketones is 1. The topological polar surface area (TPSA) is 165 Å². The highest BCUT2D eigenvalue weighted by molar-refractivity contribution is 6.16. The number of amides is 2. The van der Waals surface area contributed by atoms with Crippen molar-refractivity contribution < 1.29 is 15.0 Å². The lowest BCUT2D eigenvalue weighted by atomic mass is 10.0. The lowest BCUT2D eigenvalue weighted by Crippen LogP contribution is -2.30. The largest absolute Gasteiger partial charge is 0.361 e. The molecule has 2 rings (SSSR count). The smallest absolute Gasteiger partial charge is 0.316 e. The first-order valence-electron chi connectivity index (χ1n) is 7.49. The summed E-state index contributed by atoms with van der Waals surface area (Å²) in [6, 6.07) is 2.45. The highest BCUT2D eigenvalue weighted by Crippen LogP contribution is 2.22. The van der Waals surface area contributed by atoms with Crippen LogP contribution in [0.4, 0.5) is 10.5 Å². The van der Waals surface area contributed by atoms with E-state index >= 15 is 0 Å². The molecule has 0 radical (unpaired) electrons. The van der Waals surface area contributed by atoms with Gasteiger partial charge in [-0.2, -0.15) is 0 Å². The average molecular weight is 342 g/mol. The molecule has 0 atom stereocenters. The third-order valence-electron chi connectivity index (χ3n) is 3.44. The number of hydrogen-bond acceptors (Lipinski definition) is 3. The first kappa shape index (κ1) is 17.9. The number of aromatic nitrogens is 2. The monoisotopic (exact) mass is 342 g/mol. The van der Waals surface area contributed by atoms with Crippen LogP contribution in [0.2, 0.25) is 0 Å². The predicted molar refractivity (Wildman–Crippen MR) is 94.5 cm³/mol. The number of primary amides is 1. The molecule has 0 aromatic carbocycles. The molecule has 0 aliphatic rings. The minimum Gasteiger partial charge on any atom is -0.361 e. The Balaban J connectivity index is 2.49. The molecule has 0 fully saturated rings. The van der Waals surface area contributed by atoms with Crippen molar-refractivity contribution in [3.63, 3.8) is 0 Å². The summed E-state index contributed by atoms with van der Waals surface area (Å²) in [4.78, 5) is 34.7. The maximum Gasteiger partial charge on any atom is 0.316 e. The summed E-state index contributed by atoms with van der Waals surface area (Å²) in [6.07, 6.45) is 3.83. The Morgan fingerprint density at radius 1 is 1.32 bits per heavy atom. The molecule has 0 saturated carbocycles. The Morgan fingerprint density at radius 2 is 2.04 bits per heavy atom. The molecule has 2 aromatic rings. The first-order chi connectivity index (χ1) is 11.8. The molecule has 9 nitrogen and oxygen atoms in total. The Labute approximate surface area is 144 Å². The Morgan fingerprint density at radius 3 is 2.64 bits per heavy atom. The van der Waals surface area contributed by atoms with Crippen LogP contribution in [0.3, 0.4) is 0 Å². The van der Waals surface area contributed by atoms with Gasteiger partial charge in [-0.25, -0.2) is 4.79 Å². The van der Waals surface area contributed by atoms with Crippen LogP contribution >= 0.6 is 0 Å². The van der Waals surface area contributed by atoms with Crippen LogP contribution in [0.5, 0.6) is 0 Å². The number of aliphatic imine (C=N–C) groups is 1. The summed E-state index contributed by atoms with van der Waals surface area (Å²) in [7, 11) is 0. The SMILES string of the molecule is CC(C)c1cc(C(=O)c2cncc(NC(N)=O)c2)c(C(N)=NC=[NH2+])[nH]1. The van der Waals surface area contributed by atoms with E-state index in [4.69, 9.17) is 16.9 Å². The fourth-order valence-corrected chi connectivity index (χ4v) is 2.24. The summed E-state index contributed by atoms with van der Waals surface area (Å²) in [6.45, 7) is 3.95. The molecule has 0 saturated heterocycles. The van der Waals surface area contributed by atoms with Crippen molar-refractivity contribution in [1.29, 1.82) is 0 Å². The van der Waals surface area contributed by atoms with Crippen molar-refractivity contribution in [2.24, 2.45) is 16.5 Å². The van der Waals surface area contributed by atoms with E-state index in [0.717, 1.165) is 12.0 Å². The fourth-order valence-electron chi connectivity index (χ4n) is 2.24. The second-order valence-electron chi connectivity index (χ2n) is 5.61. The van der Waals surface area contributed by atoms with Gasteiger partial charge in [-0.1, -0.05) is 13.8 Å². The first-order valence-corrected chi connectivity index (χ1v) is 7.49. The van der Waals surface area contributed by atoms with Crippen molar-refractivity contribution in [1.82, 2.24) is 9.97 Å².